The molecule has 0 unspecified atom stereocenters. The summed E-state index contributed by atoms with van der Waals surface area (Å²) in [5, 5.41) is 5.42. The molecule has 0 spiro atoms. The van der Waals surface area contributed by atoms with E-state index in [-0.39, 0.29) is 11.7 Å². The zero-order chi connectivity index (χ0) is 19.4. The molecule has 0 atom stereocenters. The van der Waals surface area contributed by atoms with Crippen LogP contribution < -0.4 is 10.6 Å². The molecule has 1 aromatic heterocycles. The molecule has 1 saturated carbocycles. The molecule has 2 aromatic rings. The Kier molecular flexibility index (Phi) is 5.82. The molecule has 0 aliphatic heterocycles. The van der Waals surface area contributed by atoms with Crippen molar-refractivity contribution in [1.29, 1.82) is 0 Å². The largest absolute Gasteiger partial charge is 0.458 e. The van der Waals surface area contributed by atoms with E-state index in [1.54, 1.807) is 6.92 Å². The number of carbonyl (C=O) groups is 1. The molecule has 1 heterocycles. The van der Waals surface area contributed by atoms with Gasteiger partial charge in [-0.05, 0) is 50.5 Å². The average molecular weight is 376 g/mol. The number of benzene rings is 1. The summed E-state index contributed by atoms with van der Waals surface area (Å²) in [7, 11) is 0. The zero-order valence-corrected chi connectivity index (χ0v) is 15.7. The Morgan fingerprint density at radius 2 is 1.85 bits per heavy atom. The number of halogens is 2. The van der Waals surface area contributed by atoms with Crippen molar-refractivity contribution in [3.8, 4) is 0 Å². The number of furan rings is 1. The van der Waals surface area contributed by atoms with Crippen molar-refractivity contribution < 1.29 is 18.0 Å². The molecule has 6 heteroatoms. The first-order chi connectivity index (χ1) is 12.8. The Labute approximate surface area is 158 Å². The highest BCUT2D eigenvalue weighted by Gasteiger charge is 2.33. The van der Waals surface area contributed by atoms with Gasteiger partial charge in [-0.1, -0.05) is 30.3 Å². The van der Waals surface area contributed by atoms with E-state index in [0.717, 1.165) is 39.0 Å². The van der Waals surface area contributed by atoms with E-state index in [0.29, 0.717) is 11.7 Å². The second-order valence-corrected chi connectivity index (χ2v) is 7.49. The van der Waals surface area contributed by atoms with Crippen molar-refractivity contribution in [3.05, 3.63) is 53.5 Å². The summed E-state index contributed by atoms with van der Waals surface area (Å²) in [6.45, 7) is 2.33. The van der Waals surface area contributed by atoms with Gasteiger partial charge in [-0.25, -0.2) is 4.79 Å². The monoisotopic (exact) mass is 376 g/mol. The van der Waals surface area contributed by atoms with E-state index < -0.39 is 17.7 Å². The van der Waals surface area contributed by atoms with Crippen LogP contribution in [0.25, 0.3) is 0 Å². The van der Waals surface area contributed by atoms with Crippen LogP contribution in [-0.4, -0.2) is 12.1 Å². The Morgan fingerprint density at radius 3 is 2.48 bits per heavy atom. The number of anilines is 1. The van der Waals surface area contributed by atoms with Crippen molar-refractivity contribution in [2.45, 2.75) is 57.9 Å². The van der Waals surface area contributed by atoms with E-state index in [1.165, 1.54) is 11.6 Å². The summed E-state index contributed by atoms with van der Waals surface area (Å²) in [5.41, 5.74) is 1.37. The Hall–Kier alpha value is -2.37. The minimum atomic E-state index is -3.15. The SMILES string of the molecule is Cc1cc(NC(=O)NC2CCC(Cc3ccccc3)CC2)c(C(C)(F)F)o1. The van der Waals surface area contributed by atoms with Gasteiger partial charge < -0.3 is 15.1 Å². The first kappa shape index (κ1) is 19.4. The van der Waals surface area contributed by atoms with Crippen molar-refractivity contribution in [2.24, 2.45) is 5.92 Å². The molecule has 146 valence electrons. The van der Waals surface area contributed by atoms with Crippen molar-refractivity contribution in [2.75, 3.05) is 5.32 Å². The maximum absolute atomic E-state index is 13.6. The number of aryl methyl sites for hydroxylation is 1. The highest BCUT2D eigenvalue weighted by molar-refractivity contribution is 5.90. The van der Waals surface area contributed by atoms with Crippen LogP contribution in [0.3, 0.4) is 0 Å². The molecular formula is C21H26F2N2O2. The highest BCUT2D eigenvalue weighted by Crippen LogP contribution is 2.35. The van der Waals surface area contributed by atoms with Gasteiger partial charge >= 0.3 is 12.0 Å². The molecule has 27 heavy (non-hydrogen) atoms. The van der Waals surface area contributed by atoms with Gasteiger partial charge in [0.1, 0.15) is 5.76 Å². The predicted octanol–water partition coefficient (Wildman–Crippen LogP) is 5.62. The molecule has 1 aliphatic carbocycles. The first-order valence-electron chi connectivity index (χ1n) is 9.41. The number of nitrogens with one attached hydrogen (secondary N) is 2. The molecule has 3 rings (SSSR count). The maximum atomic E-state index is 13.6. The van der Waals surface area contributed by atoms with Crippen LogP contribution in [-0.2, 0) is 12.3 Å². The quantitative estimate of drug-likeness (QED) is 0.711. The number of carbonyl (C=O) groups excluding carboxylic acids is 1. The number of alkyl halides is 2. The van der Waals surface area contributed by atoms with E-state index in [9.17, 15) is 13.6 Å². The van der Waals surface area contributed by atoms with Crippen molar-refractivity contribution >= 4 is 11.7 Å². The Morgan fingerprint density at radius 1 is 1.19 bits per heavy atom. The lowest BCUT2D eigenvalue weighted by Crippen LogP contribution is -2.40. The summed E-state index contributed by atoms with van der Waals surface area (Å²) in [6.07, 6.45) is 4.94. The second-order valence-electron chi connectivity index (χ2n) is 7.49. The Bertz CT molecular complexity index is 760. The van der Waals surface area contributed by atoms with Gasteiger partial charge in [0.25, 0.3) is 0 Å². The van der Waals surface area contributed by atoms with Crippen LogP contribution in [0.2, 0.25) is 0 Å². The molecule has 2 amide bonds. The van der Waals surface area contributed by atoms with Crippen LogP contribution >= 0.6 is 0 Å². The molecular weight excluding hydrogens is 350 g/mol. The summed E-state index contributed by atoms with van der Waals surface area (Å²) in [4.78, 5) is 12.2. The minimum Gasteiger partial charge on any atom is -0.458 e. The number of amides is 2. The van der Waals surface area contributed by atoms with Crippen molar-refractivity contribution in [3.63, 3.8) is 0 Å². The lowest BCUT2D eigenvalue weighted by Gasteiger charge is -2.29. The van der Waals surface area contributed by atoms with E-state index in [2.05, 4.69) is 34.9 Å². The fourth-order valence-corrected chi connectivity index (χ4v) is 3.74. The van der Waals surface area contributed by atoms with Crippen LogP contribution in [0.15, 0.2) is 40.8 Å². The average Bonchev–Trinajstić information content (AvgIpc) is 2.98. The summed E-state index contributed by atoms with van der Waals surface area (Å²) < 4.78 is 32.2. The second kappa shape index (κ2) is 8.11. The van der Waals surface area contributed by atoms with Gasteiger partial charge in [-0.15, -0.1) is 0 Å². The standard InChI is InChI=1S/C21H26F2N2O2/c1-14-12-18(19(27-14)21(2,22)23)25-20(26)24-17-10-8-16(9-11-17)13-15-6-4-3-5-7-15/h3-7,12,16-17H,8-11,13H2,1-2H3,(H2,24,25,26). The topological polar surface area (TPSA) is 54.3 Å². The van der Waals surface area contributed by atoms with Crippen molar-refractivity contribution in [1.82, 2.24) is 5.32 Å². The van der Waals surface area contributed by atoms with Gasteiger partial charge in [0.2, 0.25) is 0 Å². The van der Waals surface area contributed by atoms with E-state index in [4.69, 9.17) is 4.42 Å². The first-order valence-corrected chi connectivity index (χ1v) is 9.41. The normalized spacial score (nSPS) is 20.3. The van der Waals surface area contributed by atoms with Crippen LogP contribution in [0.5, 0.6) is 0 Å². The maximum Gasteiger partial charge on any atom is 0.319 e. The summed E-state index contributed by atoms with van der Waals surface area (Å²) in [5.74, 6) is -2.70. The molecule has 1 fully saturated rings. The van der Waals surface area contributed by atoms with Gasteiger partial charge in [-0.3, -0.25) is 0 Å². The Balaban J connectivity index is 1.49. The van der Waals surface area contributed by atoms with Crippen LogP contribution in [0, 0.1) is 12.8 Å². The molecule has 0 saturated heterocycles. The number of hydrogen-bond donors (Lipinski definition) is 2. The predicted molar refractivity (Wildman–Crippen MR) is 101 cm³/mol. The van der Waals surface area contributed by atoms with Gasteiger partial charge in [0.05, 0.1) is 5.69 Å². The summed E-state index contributed by atoms with van der Waals surface area (Å²) in [6, 6.07) is 11.4. The lowest BCUT2D eigenvalue weighted by molar-refractivity contribution is -0.00502. The zero-order valence-electron chi connectivity index (χ0n) is 15.7. The van der Waals surface area contributed by atoms with Gasteiger partial charge in [0, 0.05) is 19.0 Å². The van der Waals surface area contributed by atoms with Crippen LogP contribution in [0.4, 0.5) is 19.3 Å². The minimum absolute atomic E-state index is 0.0234. The fourth-order valence-electron chi connectivity index (χ4n) is 3.74. The molecule has 1 aliphatic rings. The molecule has 0 radical (unpaired) electrons. The molecule has 4 nitrogen and oxygen atoms in total. The fraction of sp³-hybridized carbons (Fsp3) is 0.476. The third-order valence-corrected chi connectivity index (χ3v) is 5.05. The highest BCUT2D eigenvalue weighted by atomic mass is 19.3. The summed E-state index contributed by atoms with van der Waals surface area (Å²) >= 11 is 0. The molecule has 1 aromatic carbocycles. The third-order valence-electron chi connectivity index (χ3n) is 5.05. The number of rotatable bonds is 5. The number of hydrogen-bond acceptors (Lipinski definition) is 2. The molecule has 0 bridgehead atoms. The van der Waals surface area contributed by atoms with E-state index >= 15 is 0 Å². The van der Waals surface area contributed by atoms with Gasteiger partial charge in [-0.2, -0.15) is 8.78 Å². The van der Waals surface area contributed by atoms with Crippen LogP contribution in [0.1, 0.15) is 49.7 Å². The van der Waals surface area contributed by atoms with Gasteiger partial charge in [0.15, 0.2) is 5.76 Å². The smallest absolute Gasteiger partial charge is 0.319 e. The lowest BCUT2D eigenvalue weighted by atomic mass is 9.82. The number of urea groups is 1. The molecule has 2 N–H and O–H groups in total. The van der Waals surface area contributed by atoms with E-state index in [1.807, 2.05) is 6.07 Å². The third kappa shape index (κ3) is 5.31.